The number of hydrogen-bond acceptors (Lipinski definition) is 3. The van der Waals surface area contributed by atoms with Gasteiger partial charge in [0.2, 0.25) is 0 Å². The topological polar surface area (TPSA) is 35.5 Å². The Morgan fingerprint density at radius 2 is 1.96 bits per heavy atom. The van der Waals surface area contributed by atoms with Crippen LogP contribution < -0.4 is 4.74 Å². The maximum Gasteiger partial charge on any atom is 0.331 e. The van der Waals surface area contributed by atoms with E-state index < -0.39 is 5.97 Å². The molecule has 0 fully saturated rings. The fraction of sp³-hybridized carbons (Fsp3) is 0.105. The fourth-order valence-corrected chi connectivity index (χ4v) is 2.34. The first-order chi connectivity index (χ1) is 11.6. The SMILES string of the molecule is C=CCOC(=O)/C=C/c1ccc(OCc2ccc(F)cc2)c(Br)c1. The first-order valence-electron chi connectivity index (χ1n) is 7.21. The van der Waals surface area contributed by atoms with Crippen molar-refractivity contribution in [3.8, 4) is 5.75 Å². The van der Waals surface area contributed by atoms with Gasteiger partial charge in [-0.15, -0.1) is 0 Å². The molecular formula is C19H16BrFO3. The molecule has 2 aromatic carbocycles. The highest BCUT2D eigenvalue weighted by atomic mass is 79.9. The van der Waals surface area contributed by atoms with Crippen LogP contribution in [0.3, 0.4) is 0 Å². The molecule has 3 nitrogen and oxygen atoms in total. The second-order valence-corrected chi connectivity index (χ2v) is 5.71. The maximum absolute atomic E-state index is 12.9. The molecule has 0 N–H and O–H groups in total. The molecule has 0 saturated heterocycles. The van der Waals surface area contributed by atoms with Crippen LogP contribution in [0.15, 0.2) is 65.7 Å². The smallest absolute Gasteiger partial charge is 0.331 e. The Labute approximate surface area is 148 Å². The standard InChI is InChI=1S/C19H16BrFO3/c1-2-11-23-19(22)10-6-14-5-9-18(17(20)12-14)24-13-15-3-7-16(21)8-4-15/h2-10,12H,1,11,13H2/b10-6+. The average molecular weight is 391 g/mol. The summed E-state index contributed by atoms with van der Waals surface area (Å²) in [5, 5.41) is 0. The molecule has 0 aliphatic heterocycles. The van der Waals surface area contributed by atoms with Gasteiger partial charge in [0.1, 0.15) is 24.8 Å². The second-order valence-electron chi connectivity index (χ2n) is 4.86. The van der Waals surface area contributed by atoms with Gasteiger partial charge in [-0.25, -0.2) is 9.18 Å². The van der Waals surface area contributed by atoms with Crippen molar-refractivity contribution in [3.63, 3.8) is 0 Å². The predicted octanol–water partition coefficient (Wildman–Crippen LogP) is 4.91. The van der Waals surface area contributed by atoms with Gasteiger partial charge in [0.15, 0.2) is 0 Å². The molecule has 0 bridgehead atoms. The second kappa shape index (κ2) is 9.03. The summed E-state index contributed by atoms with van der Waals surface area (Å²) in [5.74, 6) is -0.0453. The Balaban J connectivity index is 1.96. The minimum Gasteiger partial charge on any atom is -0.488 e. The van der Waals surface area contributed by atoms with Crippen LogP contribution in [0.4, 0.5) is 4.39 Å². The van der Waals surface area contributed by atoms with E-state index in [2.05, 4.69) is 22.5 Å². The Hall–Kier alpha value is -2.40. The van der Waals surface area contributed by atoms with Crippen LogP contribution in [-0.4, -0.2) is 12.6 Å². The highest BCUT2D eigenvalue weighted by Crippen LogP contribution is 2.27. The van der Waals surface area contributed by atoms with Crippen LogP contribution in [0.25, 0.3) is 6.08 Å². The molecule has 0 aliphatic carbocycles. The maximum atomic E-state index is 12.9. The molecule has 5 heteroatoms. The zero-order chi connectivity index (χ0) is 17.4. The number of hydrogen-bond donors (Lipinski definition) is 0. The Kier molecular flexibility index (Phi) is 6.75. The molecule has 0 atom stereocenters. The minimum absolute atomic E-state index is 0.184. The van der Waals surface area contributed by atoms with E-state index in [1.807, 2.05) is 12.1 Å². The van der Waals surface area contributed by atoms with E-state index in [0.29, 0.717) is 12.4 Å². The summed E-state index contributed by atoms with van der Waals surface area (Å²) in [6.07, 6.45) is 4.51. The number of carbonyl (C=O) groups is 1. The highest BCUT2D eigenvalue weighted by molar-refractivity contribution is 9.10. The van der Waals surface area contributed by atoms with Gasteiger partial charge in [-0.1, -0.05) is 30.9 Å². The van der Waals surface area contributed by atoms with Crippen LogP contribution in [0.1, 0.15) is 11.1 Å². The first-order valence-corrected chi connectivity index (χ1v) is 8.00. The van der Waals surface area contributed by atoms with Crippen molar-refractivity contribution < 1.29 is 18.7 Å². The Morgan fingerprint density at radius 3 is 2.62 bits per heavy atom. The molecule has 0 aromatic heterocycles. The predicted molar refractivity (Wildman–Crippen MR) is 95.1 cm³/mol. The monoisotopic (exact) mass is 390 g/mol. The van der Waals surface area contributed by atoms with E-state index in [1.165, 1.54) is 24.3 Å². The molecule has 124 valence electrons. The van der Waals surface area contributed by atoms with Crippen molar-refractivity contribution in [2.24, 2.45) is 0 Å². The number of ether oxygens (including phenoxy) is 2. The summed E-state index contributed by atoms with van der Waals surface area (Å²) in [5.41, 5.74) is 1.70. The molecule has 0 saturated carbocycles. The minimum atomic E-state index is -0.428. The lowest BCUT2D eigenvalue weighted by Gasteiger charge is -2.09. The number of rotatable bonds is 7. The summed E-state index contributed by atoms with van der Waals surface area (Å²) in [7, 11) is 0. The van der Waals surface area contributed by atoms with Gasteiger partial charge in [-0.05, 0) is 57.4 Å². The third-order valence-corrected chi connectivity index (χ3v) is 3.64. The van der Waals surface area contributed by atoms with E-state index in [4.69, 9.17) is 9.47 Å². The summed E-state index contributed by atoms with van der Waals surface area (Å²) < 4.78 is 24.2. The van der Waals surface area contributed by atoms with Gasteiger partial charge >= 0.3 is 5.97 Å². The van der Waals surface area contributed by atoms with Crippen molar-refractivity contribution in [1.29, 1.82) is 0 Å². The van der Waals surface area contributed by atoms with E-state index in [-0.39, 0.29) is 12.4 Å². The average Bonchev–Trinajstić information content (AvgIpc) is 2.58. The molecule has 0 amide bonds. The molecule has 2 aromatic rings. The third kappa shape index (κ3) is 5.66. The van der Waals surface area contributed by atoms with E-state index >= 15 is 0 Å². The summed E-state index contributed by atoms with van der Waals surface area (Å²) >= 11 is 3.43. The highest BCUT2D eigenvalue weighted by Gasteiger charge is 2.03. The molecule has 24 heavy (non-hydrogen) atoms. The zero-order valence-corrected chi connectivity index (χ0v) is 14.5. The Morgan fingerprint density at radius 1 is 1.21 bits per heavy atom. The van der Waals surface area contributed by atoms with Gasteiger partial charge in [-0.2, -0.15) is 0 Å². The fourth-order valence-electron chi connectivity index (χ4n) is 1.83. The van der Waals surface area contributed by atoms with Crippen molar-refractivity contribution in [1.82, 2.24) is 0 Å². The molecule has 0 unspecified atom stereocenters. The van der Waals surface area contributed by atoms with Crippen molar-refractivity contribution in [3.05, 3.63) is 82.6 Å². The number of benzene rings is 2. The lowest BCUT2D eigenvalue weighted by atomic mass is 10.2. The van der Waals surface area contributed by atoms with Gasteiger partial charge in [-0.3, -0.25) is 0 Å². The van der Waals surface area contributed by atoms with Crippen LogP contribution in [0, 0.1) is 5.82 Å². The molecule has 0 aliphatic rings. The lowest BCUT2D eigenvalue weighted by molar-refractivity contribution is -0.136. The van der Waals surface area contributed by atoms with Crippen molar-refractivity contribution in [2.45, 2.75) is 6.61 Å². The van der Waals surface area contributed by atoms with Crippen LogP contribution in [-0.2, 0) is 16.1 Å². The summed E-state index contributed by atoms with van der Waals surface area (Å²) in [6.45, 7) is 3.99. The molecule has 0 radical (unpaired) electrons. The molecule has 0 heterocycles. The Bertz CT molecular complexity index is 739. The van der Waals surface area contributed by atoms with Crippen LogP contribution in [0.2, 0.25) is 0 Å². The summed E-state index contributed by atoms with van der Waals surface area (Å²) in [4.78, 5) is 11.4. The first kappa shape index (κ1) is 17.9. The van der Waals surface area contributed by atoms with E-state index in [9.17, 15) is 9.18 Å². The quantitative estimate of drug-likeness (QED) is 0.382. The molecule has 2 rings (SSSR count). The van der Waals surface area contributed by atoms with Crippen molar-refractivity contribution in [2.75, 3.05) is 6.61 Å². The van der Waals surface area contributed by atoms with Crippen molar-refractivity contribution >= 4 is 28.0 Å². The molecule has 0 spiro atoms. The van der Waals surface area contributed by atoms with E-state index in [1.54, 1.807) is 24.3 Å². The molecular weight excluding hydrogens is 375 g/mol. The lowest BCUT2D eigenvalue weighted by Crippen LogP contribution is -1.99. The zero-order valence-electron chi connectivity index (χ0n) is 12.9. The van der Waals surface area contributed by atoms with Gasteiger partial charge in [0.05, 0.1) is 4.47 Å². The third-order valence-electron chi connectivity index (χ3n) is 3.02. The van der Waals surface area contributed by atoms with Gasteiger partial charge in [0.25, 0.3) is 0 Å². The number of halogens is 2. The van der Waals surface area contributed by atoms with E-state index in [0.717, 1.165) is 15.6 Å². The van der Waals surface area contributed by atoms with Crippen LogP contribution >= 0.6 is 15.9 Å². The largest absolute Gasteiger partial charge is 0.488 e. The normalized spacial score (nSPS) is 10.6. The number of carbonyl (C=O) groups excluding carboxylic acids is 1. The van der Waals surface area contributed by atoms with Gasteiger partial charge in [0, 0.05) is 6.08 Å². The summed E-state index contributed by atoms with van der Waals surface area (Å²) in [6, 6.07) is 11.6. The van der Waals surface area contributed by atoms with Gasteiger partial charge < -0.3 is 9.47 Å². The number of esters is 1. The van der Waals surface area contributed by atoms with Crippen LogP contribution in [0.5, 0.6) is 5.75 Å².